The second kappa shape index (κ2) is 7.13. The van der Waals surface area contributed by atoms with E-state index in [1.165, 1.54) is 6.08 Å². The second-order valence-corrected chi connectivity index (χ2v) is 5.59. The molecule has 2 aromatic rings. The molecule has 122 valence electrons. The van der Waals surface area contributed by atoms with Gasteiger partial charge < -0.3 is 10.1 Å². The van der Waals surface area contributed by atoms with Crippen LogP contribution in [0.3, 0.4) is 0 Å². The summed E-state index contributed by atoms with van der Waals surface area (Å²) in [6, 6.07) is 15.5. The largest absolute Gasteiger partial charge is 0.463 e. The number of Topliss-reactive ketones (excluding diaryl/α,β-unsaturated/α-hetero) is 1. The van der Waals surface area contributed by atoms with Crippen LogP contribution in [0.4, 0.5) is 5.69 Å². The van der Waals surface area contributed by atoms with Gasteiger partial charge in [-0.3, -0.25) is 4.79 Å². The Morgan fingerprint density at radius 2 is 2.00 bits per heavy atom. The molecule has 0 saturated heterocycles. The predicted octanol–water partition coefficient (Wildman–Crippen LogP) is 4.00. The Hall–Kier alpha value is -2.88. The molecule has 4 heteroatoms. The van der Waals surface area contributed by atoms with Gasteiger partial charge >= 0.3 is 5.97 Å². The van der Waals surface area contributed by atoms with Gasteiger partial charge in [0.2, 0.25) is 0 Å². The molecule has 0 saturated carbocycles. The third-order valence-corrected chi connectivity index (χ3v) is 3.98. The molecule has 1 atom stereocenters. The molecule has 24 heavy (non-hydrogen) atoms. The Morgan fingerprint density at radius 1 is 1.21 bits per heavy atom. The maximum atomic E-state index is 12.7. The molecule has 0 radical (unpaired) electrons. The van der Waals surface area contributed by atoms with Gasteiger partial charge in [-0.15, -0.1) is 0 Å². The van der Waals surface area contributed by atoms with Crippen molar-refractivity contribution in [2.24, 2.45) is 0 Å². The molecule has 0 aliphatic carbocycles. The minimum Gasteiger partial charge on any atom is -0.463 e. The molecule has 3 rings (SSSR count). The smallest absolute Gasteiger partial charge is 0.330 e. The highest BCUT2D eigenvalue weighted by Gasteiger charge is 2.27. The van der Waals surface area contributed by atoms with Crippen LogP contribution in [0.25, 0.3) is 6.08 Å². The Bertz CT molecular complexity index is 781. The fourth-order valence-electron chi connectivity index (χ4n) is 2.90. The Labute approximate surface area is 141 Å². The average Bonchev–Trinajstić information content (AvgIpc) is 2.60. The molecule has 1 heterocycles. The number of rotatable bonds is 4. The van der Waals surface area contributed by atoms with Crippen molar-refractivity contribution in [1.82, 2.24) is 0 Å². The third kappa shape index (κ3) is 3.38. The fraction of sp³-hybridized carbons (Fsp3) is 0.200. The summed E-state index contributed by atoms with van der Waals surface area (Å²) in [4.78, 5) is 24.2. The zero-order chi connectivity index (χ0) is 16.9. The highest BCUT2D eigenvalue weighted by atomic mass is 16.5. The topological polar surface area (TPSA) is 55.4 Å². The Morgan fingerprint density at radius 3 is 2.75 bits per heavy atom. The number of nitrogens with one attached hydrogen (secondary N) is 1. The highest BCUT2D eigenvalue weighted by molar-refractivity contribution is 6.07. The van der Waals surface area contributed by atoms with E-state index in [0.29, 0.717) is 18.6 Å². The number of carbonyl (C=O) groups excluding carboxylic acids is 2. The van der Waals surface area contributed by atoms with Crippen molar-refractivity contribution in [2.45, 2.75) is 19.4 Å². The van der Waals surface area contributed by atoms with Gasteiger partial charge in [-0.2, -0.15) is 0 Å². The summed E-state index contributed by atoms with van der Waals surface area (Å²) in [5.41, 5.74) is 3.24. The van der Waals surface area contributed by atoms with Gasteiger partial charge in [0.05, 0.1) is 12.6 Å². The molecule has 2 aromatic carbocycles. The maximum Gasteiger partial charge on any atom is 0.330 e. The lowest BCUT2D eigenvalue weighted by atomic mass is 9.89. The van der Waals surface area contributed by atoms with E-state index in [1.54, 1.807) is 13.0 Å². The van der Waals surface area contributed by atoms with Gasteiger partial charge in [0, 0.05) is 23.7 Å². The highest BCUT2D eigenvalue weighted by Crippen LogP contribution is 2.34. The fourth-order valence-corrected chi connectivity index (χ4v) is 2.90. The van der Waals surface area contributed by atoms with E-state index in [0.717, 1.165) is 16.8 Å². The molecule has 0 spiro atoms. The number of ether oxygens (including phenoxy) is 1. The molecule has 4 nitrogen and oxygen atoms in total. The minimum absolute atomic E-state index is 0.0320. The van der Waals surface area contributed by atoms with Crippen molar-refractivity contribution >= 4 is 23.5 Å². The van der Waals surface area contributed by atoms with E-state index in [1.807, 2.05) is 48.5 Å². The summed E-state index contributed by atoms with van der Waals surface area (Å²) in [6.07, 6.45) is 3.39. The van der Waals surface area contributed by atoms with Crippen molar-refractivity contribution in [3.63, 3.8) is 0 Å². The molecule has 1 N–H and O–H groups in total. The molecule has 1 aliphatic heterocycles. The number of fused-ring (bicyclic) bond motifs is 1. The van der Waals surface area contributed by atoms with Crippen LogP contribution in [0.5, 0.6) is 0 Å². The number of ketones is 1. The summed E-state index contributed by atoms with van der Waals surface area (Å²) >= 11 is 0. The zero-order valence-electron chi connectivity index (χ0n) is 13.5. The average molecular weight is 321 g/mol. The van der Waals surface area contributed by atoms with E-state index in [-0.39, 0.29) is 11.8 Å². The summed E-state index contributed by atoms with van der Waals surface area (Å²) in [7, 11) is 0. The van der Waals surface area contributed by atoms with Crippen LogP contribution in [-0.2, 0) is 9.53 Å². The van der Waals surface area contributed by atoms with Gasteiger partial charge in [0.1, 0.15) is 0 Å². The predicted molar refractivity (Wildman–Crippen MR) is 93.9 cm³/mol. The van der Waals surface area contributed by atoms with Crippen molar-refractivity contribution in [3.8, 4) is 0 Å². The van der Waals surface area contributed by atoms with Crippen molar-refractivity contribution in [2.75, 3.05) is 11.9 Å². The lowest BCUT2D eigenvalue weighted by Gasteiger charge is -2.27. The molecular formula is C20H19NO3. The summed E-state index contributed by atoms with van der Waals surface area (Å²) < 4.78 is 4.88. The molecule has 0 amide bonds. The number of esters is 1. The van der Waals surface area contributed by atoms with Gasteiger partial charge in [0.15, 0.2) is 5.78 Å². The molecular weight excluding hydrogens is 302 g/mol. The van der Waals surface area contributed by atoms with Gasteiger partial charge in [-0.1, -0.05) is 42.5 Å². The zero-order valence-corrected chi connectivity index (χ0v) is 13.5. The number of hydrogen-bond donors (Lipinski definition) is 1. The van der Waals surface area contributed by atoms with E-state index in [4.69, 9.17) is 4.74 Å². The summed E-state index contributed by atoms with van der Waals surface area (Å²) in [5.74, 6) is -0.338. The quantitative estimate of drug-likeness (QED) is 0.683. The van der Waals surface area contributed by atoms with Gasteiger partial charge in [-0.25, -0.2) is 4.79 Å². The van der Waals surface area contributed by atoms with Crippen LogP contribution >= 0.6 is 0 Å². The van der Waals surface area contributed by atoms with Gasteiger partial charge in [-0.05, 0) is 30.2 Å². The third-order valence-electron chi connectivity index (χ3n) is 3.98. The first-order valence-electron chi connectivity index (χ1n) is 8.01. The van der Waals surface area contributed by atoms with Crippen LogP contribution in [0, 0.1) is 0 Å². The molecule has 0 bridgehead atoms. The van der Waals surface area contributed by atoms with Crippen molar-refractivity contribution in [1.29, 1.82) is 0 Å². The van der Waals surface area contributed by atoms with Crippen LogP contribution < -0.4 is 5.32 Å². The Kier molecular flexibility index (Phi) is 4.75. The van der Waals surface area contributed by atoms with Crippen LogP contribution in [-0.4, -0.2) is 18.4 Å². The molecule has 1 aliphatic rings. The number of hydrogen-bond acceptors (Lipinski definition) is 4. The molecule has 0 fully saturated rings. The first kappa shape index (κ1) is 16.0. The van der Waals surface area contributed by atoms with E-state index in [2.05, 4.69) is 5.32 Å². The second-order valence-electron chi connectivity index (χ2n) is 5.59. The van der Waals surface area contributed by atoms with Crippen molar-refractivity contribution < 1.29 is 14.3 Å². The molecule has 0 unspecified atom stereocenters. The van der Waals surface area contributed by atoms with Gasteiger partial charge in [0.25, 0.3) is 0 Å². The SMILES string of the molecule is CCOC(=O)/C=C/c1cccc2c1C(=O)C[C@H](c1ccccc1)N2. The molecule has 0 aromatic heterocycles. The van der Waals surface area contributed by atoms with E-state index >= 15 is 0 Å². The van der Waals surface area contributed by atoms with Crippen LogP contribution in [0.15, 0.2) is 54.6 Å². The van der Waals surface area contributed by atoms with Crippen LogP contribution in [0.1, 0.15) is 40.9 Å². The number of carbonyl (C=O) groups is 2. The summed E-state index contributed by atoms with van der Waals surface area (Å²) in [5, 5.41) is 3.43. The number of benzene rings is 2. The standard InChI is InChI=1S/C20H19NO3/c1-2-24-19(23)12-11-15-9-6-10-16-20(15)18(22)13-17(21-16)14-7-4-3-5-8-14/h3-12,17,21H,2,13H2,1H3/b12-11+/t17-/m1/s1. The monoisotopic (exact) mass is 321 g/mol. The lowest BCUT2D eigenvalue weighted by molar-refractivity contribution is -0.137. The first-order chi connectivity index (χ1) is 11.7. The van der Waals surface area contributed by atoms with Crippen molar-refractivity contribution in [3.05, 3.63) is 71.3 Å². The lowest BCUT2D eigenvalue weighted by Crippen LogP contribution is -2.23. The summed E-state index contributed by atoms with van der Waals surface area (Å²) in [6.45, 7) is 2.09. The van der Waals surface area contributed by atoms with Crippen LogP contribution in [0.2, 0.25) is 0 Å². The number of anilines is 1. The Balaban J connectivity index is 1.89. The first-order valence-corrected chi connectivity index (χ1v) is 8.01. The minimum atomic E-state index is -0.409. The van der Waals surface area contributed by atoms with E-state index < -0.39 is 5.97 Å². The maximum absolute atomic E-state index is 12.7. The normalized spacial score (nSPS) is 16.5. The van der Waals surface area contributed by atoms with E-state index in [9.17, 15) is 9.59 Å².